The lowest BCUT2D eigenvalue weighted by Crippen LogP contribution is -2.57. The quantitative estimate of drug-likeness (QED) is 0.891. The average molecular weight is 318 g/mol. The zero-order chi connectivity index (χ0) is 16.2. The number of benzene rings is 1. The third-order valence-corrected chi connectivity index (χ3v) is 4.87. The Bertz CT molecular complexity index is 696. The van der Waals surface area contributed by atoms with Crippen LogP contribution in [-0.2, 0) is 14.3 Å². The molecular formula is C17H18O6. The van der Waals surface area contributed by atoms with Crippen LogP contribution in [0.3, 0.4) is 0 Å². The van der Waals surface area contributed by atoms with E-state index in [-0.39, 0.29) is 30.3 Å². The fourth-order valence-corrected chi connectivity index (χ4v) is 3.67. The lowest BCUT2D eigenvalue weighted by molar-refractivity contribution is -0.211. The molecule has 23 heavy (non-hydrogen) atoms. The van der Waals surface area contributed by atoms with Crippen LogP contribution in [0.1, 0.15) is 24.3 Å². The molecule has 122 valence electrons. The predicted molar refractivity (Wildman–Crippen MR) is 79.3 cm³/mol. The van der Waals surface area contributed by atoms with Gasteiger partial charge in [0, 0.05) is 31.2 Å². The lowest BCUT2D eigenvalue weighted by atomic mass is 9.75. The first kappa shape index (κ1) is 14.5. The van der Waals surface area contributed by atoms with E-state index in [1.807, 2.05) is 12.1 Å². The maximum absolute atomic E-state index is 11.7. The van der Waals surface area contributed by atoms with Crippen LogP contribution in [0.15, 0.2) is 30.0 Å². The molecule has 6 heteroatoms. The molecule has 0 bridgehead atoms. The summed E-state index contributed by atoms with van der Waals surface area (Å²) in [6.45, 7) is 0. The molecule has 1 saturated heterocycles. The molecule has 1 N–H and O–H groups in total. The maximum atomic E-state index is 11.7. The van der Waals surface area contributed by atoms with Crippen LogP contribution in [0, 0.1) is 0 Å². The standard InChI is InChI=1S/C17H18O6/c1-20-10-3-4-11-12(8-10)22-15-14(11)16(21-2)23-13-7-9(18)5-6-17(13,15)19/h3-4,7-8,14-16,19H,5-6H2,1-2H3/t14-,15-,16+,17+/m1/s1. The van der Waals surface area contributed by atoms with Crippen molar-refractivity contribution >= 4 is 5.78 Å². The van der Waals surface area contributed by atoms with E-state index in [0.29, 0.717) is 11.5 Å². The van der Waals surface area contributed by atoms with Crippen molar-refractivity contribution in [2.75, 3.05) is 14.2 Å². The summed E-state index contributed by atoms with van der Waals surface area (Å²) in [5, 5.41) is 11.1. The molecule has 2 heterocycles. The van der Waals surface area contributed by atoms with Crippen LogP contribution >= 0.6 is 0 Å². The third-order valence-electron chi connectivity index (χ3n) is 4.87. The van der Waals surface area contributed by atoms with Gasteiger partial charge in [0.1, 0.15) is 23.4 Å². The summed E-state index contributed by atoms with van der Waals surface area (Å²) in [6, 6.07) is 5.54. The molecule has 0 spiro atoms. The van der Waals surface area contributed by atoms with Gasteiger partial charge in [-0.2, -0.15) is 0 Å². The van der Waals surface area contributed by atoms with E-state index in [4.69, 9.17) is 18.9 Å². The topological polar surface area (TPSA) is 74.2 Å². The number of carbonyl (C=O) groups excluding carboxylic acids is 1. The van der Waals surface area contributed by atoms with Gasteiger partial charge in [-0.15, -0.1) is 0 Å². The average Bonchev–Trinajstić information content (AvgIpc) is 2.95. The Hall–Kier alpha value is -2.05. The van der Waals surface area contributed by atoms with Crippen LogP contribution in [-0.4, -0.2) is 43.1 Å². The minimum atomic E-state index is -1.32. The monoisotopic (exact) mass is 318 g/mol. The molecule has 6 nitrogen and oxygen atoms in total. The second-order valence-electron chi connectivity index (χ2n) is 6.09. The number of methoxy groups -OCH3 is 2. The van der Waals surface area contributed by atoms with E-state index in [0.717, 1.165) is 5.56 Å². The van der Waals surface area contributed by atoms with E-state index < -0.39 is 18.0 Å². The first-order chi connectivity index (χ1) is 11.1. The summed E-state index contributed by atoms with van der Waals surface area (Å²) < 4.78 is 22.5. The predicted octanol–water partition coefficient (Wildman–Crippen LogP) is 1.52. The Balaban J connectivity index is 1.80. The summed E-state index contributed by atoms with van der Waals surface area (Å²) in [4.78, 5) is 11.7. The van der Waals surface area contributed by atoms with Gasteiger partial charge < -0.3 is 24.1 Å². The van der Waals surface area contributed by atoms with E-state index in [1.54, 1.807) is 20.3 Å². The fraction of sp³-hybridized carbons (Fsp3) is 0.471. The Kier molecular flexibility index (Phi) is 3.14. The number of fused-ring (bicyclic) bond motifs is 5. The molecule has 0 radical (unpaired) electrons. The van der Waals surface area contributed by atoms with Crippen LogP contribution in [0.25, 0.3) is 0 Å². The summed E-state index contributed by atoms with van der Waals surface area (Å²) in [7, 11) is 3.13. The van der Waals surface area contributed by atoms with Gasteiger partial charge in [0.05, 0.1) is 13.0 Å². The zero-order valence-electron chi connectivity index (χ0n) is 12.9. The number of hydrogen-bond acceptors (Lipinski definition) is 6. The molecule has 1 aliphatic carbocycles. The van der Waals surface area contributed by atoms with Crippen molar-refractivity contribution < 1.29 is 28.8 Å². The Morgan fingerprint density at radius 3 is 2.87 bits per heavy atom. The largest absolute Gasteiger partial charge is 0.497 e. The highest BCUT2D eigenvalue weighted by molar-refractivity contribution is 5.91. The Labute approximate surface area is 133 Å². The Morgan fingerprint density at radius 1 is 1.30 bits per heavy atom. The minimum Gasteiger partial charge on any atom is -0.497 e. The van der Waals surface area contributed by atoms with Crippen LogP contribution in [0.2, 0.25) is 0 Å². The van der Waals surface area contributed by atoms with Gasteiger partial charge in [-0.1, -0.05) is 6.07 Å². The normalized spacial score (nSPS) is 34.5. The van der Waals surface area contributed by atoms with E-state index in [2.05, 4.69) is 0 Å². The van der Waals surface area contributed by atoms with Gasteiger partial charge in [0.15, 0.2) is 11.4 Å². The van der Waals surface area contributed by atoms with Gasteiger partial charge in [-0.05, 0) is 12.5 Å². The lowest BCUT2D eigenvalue weighted by Gasteiger charge is -2.46. The number of rotatable bonds is 2. The molecule has 4 atom stereocenters. The van der Waals surface area contributed by atoms with Crippen LogP contribution in [0.5, 0.6) is 11.5 Å². The maximum Gasteiger partial charge on any atom is 0.210 e. The Morgan fingerprint density at radius 2 is 2.13 bits per heavy atom. The number of carbonyl (C=O) groups is 1. The highest BCUT2D eigenvalue weighted by Crippen LogP contribution is 2.53. The number of ether oxygens (including phenoxy) is 4. The molecule has 2 aliphatic heterocycles. The summed E-state index contributed by atoms with van der Waals surface area (Å²) in [6.07, 6.45) is 0.737. The molecule has 0 unspecified atom stereocenters. The van der Waals surface area contributed by atoms with Crippen molar-refractivity contribution in [1.29, 1.82) is 0 Å². The number of hydrogen-bond donors (Lipinski definition) is 1. The second kappa shape index (κ2) is 4.97. The smallest absolute Gasteiger partial charge is 0.210 e. The molecule has 0 amide bonds. The molecule has 4 rings (SSSR count). The first-order valence-corrected chi connectivity index (χ1v) is 7.58. The second-order valence-corrected chi connectivity index (χ2v) is 6.09. The highest BCUT2D eigenvalue weighted by Gasteiger charge is 2.60. The number of allylic oxidation sites excluding steroid dienone is 1. The highest BCUT2D eigenvalue weighted by atomic mass is 16.7. The zero-order valence-corrected chi connectivity index (χ0v) is 12.9. The van der Waals surface area contributed by atoms with Crippen molar-refractivity contribution in [1.82, 2.24) is 0 Å². The van der Waals surface area contributed by atoms with Crippen molar-refractivity contribution in [3.63, 3.8) is 0 Å². The SMILES string of the molecule is COc1ccc2c(c1)O[C@@H]1[C@@H]2[C@@H](OC)OC2=CC(=O)CC[C@]21O. The van der Waals surface area contributed by atoms with Crippen molar-refractivity contribution in [2.24, 2.45) is 0 Å². The fourth-order valence-electron chi connectivity index (χ4n) is 3.67. The summed E-state index contributed by atoms with van der Waals surface area (Å²) in [5.41, 5.74) is -0.410. The van der Waals surface area contributed by atoms with Gasteiger partial charge in [0.25, 0.3) is 0 Å². The van der Waals surface area contributed by atoms with Gasteiger partial charge in [-0.25, -0.2) is 0 Å². The van der Waals surface area contributed by atoms with Gasteiger partial charge in [0.2, 0.25) is 6.29 Å². The molecule has 0 aromatic heterocycles. The van der Waals surface area contributed by atoms with E-state index in [1.165, 1.54) is 6.08 Å². The summed E-state index contributed by atoms with van der Waals surface area (Å²) in [5.74, 6) is 1.24. The van der Waals surface area contributed by atoms with Crippen LogP contribution in [0.4, 0.5) is 0 Å². The molecular weight excluding hydrogens is 300 g/mol. The molecule has 1 aromatic carbocycles. The van der Waals surface area contributed by atoms with Gasteiger partial charge in [-0.3, -0.25) is 4.79 Å². The number of ketones is 1. The molecule has 1 aromatic rings. The molecule has 3 aliphatic rings. The van der Waals surface area contributed by atoms with Crippen molar-refractivity contribution in [3.05, 3.63) is 35.6 Å². The third kappa shape index (κ3) is 1.98. The minimum absolute atomic E-state index is 0.0600. The molecule has 0 saturated carbocycles. The summed E-state index contributed by atoms with van der Waals surface area (Å²) >= 11 is 0. The van der Waals surface area contributed by atoms with E-state index >= 15 is 0 Å². The van der Waals surface area contributed by atoms with Crippen molar-refractivity contribution in [3.8, 4) is 11.5 Å². The number of aliphatic hydroxyl groups is 1. The first-order valence-electron chi connectivity index (χ1n) is 7.58. The molecule has 1 fully saturated rings. The van der Waals surface area contributed by atoms with Crippen LogP contribution < -0.4 is 9.47 Å². The van der Waals surface area contributed by atoms with Crippen molar-refractivity contribution in [2.45, 2.75) is 36.8 Å². The van der Waals surface area contributed by atoms with Gasteiger partial charge >= 0.3 is 0 Å². The van der Waals surface area contributed by atoms with E-state index in [9.17, 15) is 9.90 Å².